The van der Waals surface area contributed by atoms with Crippen molar-refractivity contribution in [3.05, 3.63) is 107 Å². The van der Waals surface area contributed by atoms with Gasteiger partial charge < -0.3 is 4.57 Å². The molecule has 1 aromatic heterocycles. The number of para-hydroxylation sites is 1. The SMILES string of the molecule is Cc1ccccc1C(Cc1cn(C)c2ccccc12)c1ccccc1. The monoisotopic (exact) mass is 325 g/mol. The maximum Gasteiger partial charge on any atom is 0.0480 e. The number of hydrogen-bond donors (Lipinski definition) is 0. The maximum atomic E-state index is 2.29. The standard InChI is InChI=1S/C24H23N/c1-18-10-6-7-13-21(18)23(19-11-4-3-5-12-19)16-20-17-25(2)24-15-9-8-14-22(20)24/h3-15,17,23H,16H2,1-2H3. The fourth-order valence-corrected chi connectivity index (χ4v) is 3.88. The fourth-order valence-electron chi connectivity index (χ4n) is 3.88. The molecule has 0 fully saturated rings. The summed E-state index contributed by atoms with van der Waals surface area (Å²) in [4.78, 5) is 0. The first kappa shape index (κ1) is 15.7. The summed E-state index contributed by atoms with van der Waals surface area (Å²) in [5.74, 6) is 0.369. The van der Waals surface area contributed by atoms with Gasteiger partial charge >= 0.3 is 0 Å². The zero-order valence-corrected chi connectivity index (χ0v) is 14.8. The molecule has 0 aliphatic rings. The first-order chi connectivity index (χ1) is 12.2. The summed E-state index contributed by atoms with van der Waals surface area (Å²) in [5.41, 5.74) is 6.87. The van der Waals surface area contributed by atoms with Crippen LogP contribution in [0.25, 0.3) is 10.9 Å². The average Bonchev–Trinajstić information content (AvgIpc) is 2.97. The summed E-state index contributed by atoms with van der Waals surface area (Å²) in [6.07, 6.45) is 3.30. The zero-order chi connectivity index (χ0) is 17.2. The van der Waals surface area contributed by atoms with Crippen molar-refractivity contribution in [2.24, 2.45) is 7.05 Å². The predicted molar refractivity (Wildman–Crippen MR) is 106 cm³/mol. The summed E-state index contributed by atoms with van der Waals surface area (Å²) in [7, 11) is 2.14. The van der Waals surface area contributed by atoms with Crippen LogP contribution in [0.3, 0.4) is 0 Å². The Morgan fingerprint density at radius 1 is 0.800 bits per heavy atom. The number of aromatic nitrogens is 1. The second-order valence-corrected chi connectivity index (χ2v) is 6.81. The van der Waals surface area contributed by atoms with Crippen molar-refractivity contribution in [2.45, 2.75) is 19.3 Å². The molecule has 0 radical (unpaired) electrons. The molecule has 124 valence electrons. The van der Waals surface area contributed by atoms with Crippen LogP contribution in [0.1, 0.15) is 28.2 Å². The van der Waals surface area contributed by atoms with Crippen LogP contribution in [-0.4, -0.2) is 4.57 Å². The van der Waals surface area contributed by atoms with Crippen LogP contribution in [0.2, 0.25) is 0 Å². The molecule has 0 amide bonds. The molecule has 1 nitrogen and oxygen atoms in total. The Labute approximate surface area is 149 Å². The van der Waals surface area contributed by atoms with E-state index in [0.29, 0.717) is 5.92 Å². The molecule has 3 aromatic carbocycles. The largest absolute Gasteiger partial charge is 0.350 e. The number of benzene rings is 3. The van der Waals surface area contributed by atoms with Crippen molar-refractivity contribution in [1.82, 2.24) is 4.57 Å². The lowest BCUT2D eigenvalue weighted by Crippen LogP contribution is -2.06. The van der Waals surface area contributed by atoms with Gasteiger partial charge in [-0.25, -0.2) is 0 Å². The molecular formula is C24H23N. The predicted octanol–water partition coefficient (Wildman–Crippen LogP) is 5.86. The van der Waals surface area contributed by atoms with E-state index in [4.69, 9.17) is 0 Å². The van der Waals surface area contributed by atoms with Gasteiger partial charge in [-0.15, -0.1) is 0 Å². The van der Waals surface area contributed by atoms with E-state index in [-0.39, 0.29) is 0 Å². The van der Waals surface area contributed by atoms with Crippen LogP contribution in [0.5, 0.6) is 0 Å². The Morgan fingerprint density at radius 2 is 1.48 bits per heavy atom. The maximum absolute atomic E-state index is 2.29. The molecular weight excluding hydrogens is 302 g/mol. The van der Waals surface area contributed by atoms with Crippen LogP contribution in [0, 0.1) is 6.92 Å². The molecule has 1 unspecified atom stereocenters. The normalized spacial score (nSPS) is 12.4. The molecule has 0 spiro atoms. The summed E-state index contributed by atoms with van der Waals surface area (Å²) >= 11 is 0. The Kier molecular flexibility index (Phi) is 4.15. The van der Waals surface area contributed by atoms with E-state index in [9.17, 15) is 0 Å². The topological polar surface area (TPSA) is 4.93 Å². The smallest absolute Gasteiger partial charge is 0.0480 e. The number of aryl methyl sites for hydroxylation is 2. The van der Waals surface area contributed by atoms with Crippen molar-refractivity contribution >= 4 is 10.9 Å². The quantitative estimate of drug-likeness (QED) is 0.443. The molecule has 0 aliphatic carbocycles. The van der Waals surface area contributed by atoms with E-state index in [1.165, 1.54) is 33.2 Å². The van der Waals surface area contributed by atoms with Gasteiger partial charge in [0.1, 0.15) is 0 Å². The van der Waals surface area contributed by atoms with Crippen molar-refractivity contribution in [3.63, 3.8) is 0 Å². The lowest BCUT2D eigenvalue weighted by Gasteiger charge is -2.20. The molecule has 1 atom stereocenters. The number of rotatable bonds is 4. The van der Waals surface area contributed by atoms with Crippen molar-refractivity contribution in [1.29, 1.82) is 0 Å². The summed E-state index contributed by atoms with van der Waals surface area (Å²) in [6.45, 7) is 2.22. The molecule has 25 heavy (non-hydrogen) atoms. The molecule has 0 N–H and O–H groups in total. The summed E-state index contributed by atoms with van der Waals surface area (Å²) < 4.78 is 2.24. The third-order valence-corrected chi connectivity index (χ3v) is 5.17. The minimum atomic E-state index is 0.369. The van der Waals surface area contributed by atoms with Crippen molar-refractivity contribution in [2.75, 3.05) is 0 Å². The van der Waals surface area contributed by atoms with Gasteiger partial charge in [-0.2, -0.15) is 0 Å². The summed E-state index contributed by atoms with van der Waals surface area (Å²) in [5, 5.41) is 1.36. The van der Waals surface area contributed by atoms with Gasteiger partial charge in [0.25, 0.3) is 0 Å². The molecule has 1 heteroatoms. The van der Waals surface area contributed by atoms with E-state index >= 15 is 0 Å². The Bertz CT molecular complexity index is 995. The van der Waals surface area contributed by atoms with E-state index in [2.05, 4.69) is 104 Å². The highest BCUT2D eigenvalue weighted by Gasteiger charge is 2.18. The highest BCUT2D eigenvalue weighted by molar-refractivity contribution is 5.84. The van der Waals surface area contributed by atoms with Crippen LogP contribution in [0.4, 0.5) is 0 Å². The third kappa shape index (κ3) is 2.98. The van der Waals surface area contributed by atoms with E-state index in [1.54, 1.807) is 0 Å². The van der Waals surface area contributed by atoms with Crippen LogP contribution >= 0.6 is 0 Å². The third-order valence-electron chi connectivity index (χ3n) is 5.17. The van der Waals surface area contributed by atoms with Gasteiger partial charge in [0.2, 0.25) is 0 Å². The first-order valence-electron chi connectivity index (χ1n) is 8.87. The average molecular weight is 325 g/mol. The molecule has 0 saturated carbocycles. The van der Waals surface area contributed by atoms with Crippen LogP contribution < -0.4 is 0 Å². The molecule has 1 heterocycles. The van der Waals surface area contributed by atoms with Gasteiger partial charge in [-0.1, -0.05) is 72.8 Å². The van der Waals surface area contributed by atoms with Crippen LogP contribution in [-0.2, 0) is 13.5 Å². The Balaban J connectivity index is 1.83. The lowest BCUT2D eigenvalue weighted by molar-refractivity contribution is 0.797. The molecule has 0 saturated heterocycles. The van der Waals surface area contributed by atoms with Gasteiger partial charge in [-0.05, 0) is 41.7 Å². The Morgan fingerprint density at radius 3 is 2.28 bits per heavy atom. The number of fused-ring (bicyclic) bond motifs is 1. The van der Waals surface area contributed by atoms with Gasteiger partial charge in [0.15, 0.2) is 0 Å². The number of hydrogen-bond acceptors (Lipinski definition) is 0. The minimum absolute atomic E-state index is 0.369. The lowest BCUT2D eigenvalue weighted by atomic mass is 9.84. The van der Waals surface area contributed by atoms with Crippen molar-refractivity contribution < 1.29 is 0 Å². The van der Waals surface area contributed by atoms with E-state index in [1.807, 2.05) is 0 Å². The highest BCUT2D eigenvalue weighted by atomic mass is 14.9. The van der Waals surface area contributed by atoms with Gasteiger partial charge in [-0.3, -0.25) is 0 Å². The molecule has 4 aromatic rings. The van der Waals surface area contributed by atoms with E-state index in [0.717, 1.165) is 6.42 Å². The minimum Gasteiger partial charge on any atom is -0.350 e. The molecule has 0 aliphatic heterocycles. The van der Waals surface area contributed by atoms with Gasteiger partial charge in [0, 0.05) is 30.1 Å². The fraction of sp³-hybridized carbons (Fsp3) is 0.167. The zero-order valence-electron chi connectivity index (χ0n) is 14.8. The second-order valence-electron chi connectivity index (χ2n) is 6.81. The highest BCUT2D eigenvalue weighted by Crippen LogP contribution is 2.33. The molecule has 0 bridgehead atoms. The number of nitrogens with zero attached hydrogens (tertiary/aromatic N) is 1. The van der Waals surface area contributed by atoms with E-state index < -0.39 is 0 Å². The summed E-state index contributed by atoms with van der Waals surface area (Å²) in [6, 6.07) is 28.3. The molecule has 4 rings (SSSR count). The first-order valence-corrected chi connectivity index (χ1v) is 8.87. The van der Waals surface area contributed by atoms with Gasteiger partial charge in [0.05, 0.1) is 0 Å². The van der Waals surface area contributed by atoms with Crippen molar-refractivity contribution in [3.8, 4) is 0 Å². The Hall–Kier alpha value is -2.80. The van der Waals surface area contributed by atoms with Crippen LogP contribution in [0.15, 0.2) is 85.1 Å². The second kappa shape index (κ2) is 6.60.